The number of ether oxygens (including phenoxy) is 2. The highest BCUT2D eigenvalue weighted by atomic mass is 79.9. The van der Waals surface area contributed by atoms with Crippen molar-refractivity contribution in [2.75, 3.05) is 19.7 Å². The van der Waals surface area contributed by atoms with Crippen LogP contribution in [-0.2, 0) is 28.7 Å². The molecule has 0 aromatic heterocycles. The maximum absolute atomic E-state index is 14.4. The van der Waals surface area contributed by atoms with Crippen LogP contribution in [0.5, 0.6) is 0 Å². The number of amides is 3. The van der Waals surface area contributed by atoms with Gasteiger partial charge in [0.05, 0.1) is 25.1 Å². The minimum Gasteiger partial charge on any atom is -0.455 e. The molecule has 1 aromatic carbocycles. The third-order valence-electron chi connectivity index (χ3n) is 8.77. The van der Waals surface area contributed by atoms with E-state index in [4.69, 9.17) is 9.47 Å². The van der Waals surface area contributed by atoms with Crippen molar-refractivity contribution >= 4 is 39.6 Å². The van der Waals surface area contributed by atoms with Crippen molar-refractivity contribution in [3.8, 4) is 0 Å². The second kappa shape index (κ2) is 12.3. The number of esters is 1. The van der Waals surface area contributed by atoms with Crippen LogP contribution in [0.1, 0.15) is 51.7 Å². The van der Waals surface area contributed by atoms with E-state index in [1.807, 2.05) is 63.3 Å². The van der Waals surface area contributed by atoms with Gasteiger partial charge in [-0.25, -0.2) is 0 Å². The molecule has 5 rings (SSSR count). The Labute approximate surface area is 254 Å². The van der Waals surface area contributed by atoms with Crippen LogP contribution >= 0.6 is 15.9 Å². The minimum atomic E-state index is -1.41. The van der Waals surface area contributed by atoms with Crippen molar-refractivity contribution in [1.29, 1.82) is 0 Å². The Morgan fingerprint density at radius 3 is 2.52 bits per heavy atom. The highest BCUT2D eigenvalue weighted by molar-refractivity contribution is 9.11. The van der Waals surface area contributed by atoms with Crippen LogP contribution in [0.4, 0.5) is 0 Å². The predicted molar refractivity (Wildman–Crippen MR) is 157 cm³/mol. The van der Waals surface area contributed by atoms with Crippen molar-refractivity contribution in [3.63, 3.8) is 0 Å². The van der Waals surface area contributed by atoms with E-state index in [0.29, 0.717) is 22.9 Å². The summed E-state index contributed by atoms with van der Waals surface area (Å²) in [4.78, 5) is 58.5. The lowest BCUT2D eigenvalue weighted by atomic mass is 9.74. The second-order valence-electron chi connectivity index (χ2n) is 11.6. The number of allylic oxidation sites excluding steroid dienone is 1. The molecule has 2 N–H and O–H groups in total. The maximum atomic E-state index is 14.4. The van der Waals surface area contributed by atoms with Gasteiger partial charge in [-0.3, -0.25) is 19.2 Å². The molecule has 2 fully saturated rings. The van der Waals surface area contributed by atoms with Gasteiger partial charge < -0.3 is 29.7 Å². The van der Waals surface area contributed by atoms with Gasteiger partial charge in [-0.15, -0.1) is 0 Å². The molecular formula is C31H38BrN3O7. The number of halogens is 1. The number of fused-ring (bicyclic) bond motifs is 2. The molecule has 4 aliphatic heterocycles. The molecule has 42 heavy (non-hydrogen) atoms. The summed E-state index contributed by atoms with van der Waals surface area (Å²) in [6.07, 6.45) is 4.98. The topological polar surface area (TPSA) is 125 Å². The average molecular weight is 645 g/mol. The zero-order chi connectivity index (χ0) is 30.2. The van der Waals surface area contributed by atoms with Crippen LogP contribution in [0.2, 0.25) is 0 Å². The Hall–Kier alpha value is -3.02. The number of nitrogens with zero attached hydrogens (tertiary/aromatic N) is 2. The smallest absolute Gasteiger partial charge is 0.313 e. The van der Waals surface area contributed by atoms with Gasteiger partial charge in [0, 0.05) is 23.5 Å². The van der Waals surface area contributed by atoms with E-state index in [2.05, 4.69) is 21.2 Å². The number of benzene rings is 1. The predicted octanol–water partition coefficient (Wildman–Crippen LogP) is 2.62. The number of carbonyl (C=O) groups is 4. The Balaban J connectivity index is 1.61. The number of aliphatic hydroxyl groups is 1. The monoisotopic (exact) mass is 643 g/mol. The molecule has 11 heteroatoms. The van der Waals surface area contributed by atoms with E-state index in [0.717, 1.165) is 0 Å². The van der Waals surface area contributed by atoms with E-state index in [1.165, 1.54) is 4.90 Å². The van der Waals surface area contributed by atoms with Gasteiger partial charge in [0.1, 0.15) is 29.8 Å². The van der Waals surface area contributed by atoms with Crippen LogP contribution in [-0.4, -0.2) is 88.1 Å². The van der Waals surface area contributed by atoms with Crippen LogP contribution in [0.3, 0.4) is 0 Å². The first-order valence-electron chi connectivity index (χ1n) is 14.6. The molecule has 3 amide bonds. The zero-order valence-corrected chi connectivity index (χ0v) is 25.7. The summed E-state index contributed by atoms with van der Waals surface area (Å²) in [5.41, 5.74) is -0.714. The lowest BCUT2D eigenvalue weighted by Gasteiger charge is -2.39. The quantitative estimate of drug-likeness (QED) is 0.373. The first kappa shape index (κ1) is 30.4. The molecule has 7 atom stereocenters. The van der Waals surface area contributed by atoms with Crippen molar-refractivity contribution in [1.82, 2.24) is 15.1 Å². The molecule has 0 radical (unpaired) electrons. The number of rotatable bonds is 5. The fraction of sp³-hybridized carbons (Fsp3) is 0.548. The Morgan fingerprint density at radius 1 is 1.12 bits per heavy atom. The molecule has 0 saturated carbocycles. The molecule has 10 nitrogen and oxygen atoms in total. The van der Waals surface area contributed by atoms with Crippen molar-refractivity contribution in [3.05, 3.63) is 58.6 Å². The van der Waals surface area contributed by atoms with Crippen LogP contribution < -0.4 is 5.32 Å². The van der Waals surface area contributed by atoms with E-state index >= 15 is 0 Å². The number of likely N-dealkylation sites (tertiary alicyclic amines) is 1. The van der Waals surface area contributed by atoms with Crippen LogP contribution in [0.15, 0.2) is 53.0 Å². The fourth-order valence-electron chi connectivity index (χ4n) is 6.65. The lowest BCUT2D eigenvalue weighted by Crippen LogP contribution is -2.59. The summed E-state index contributed by atoms with van der Waals surface area (Å²) in [6.45, 7) is 5.62. The maximum Gasteiger partial charge on any atom is 0.313 e. The molecule has 1 spiro atoms. The molecule has 4 aliphatic rings. The van der Waals surface area contributed by atoms with Gasteiger partial charge in [0.25, 0.3) is 0 Å². The normalized spacial score (nSPS) is 33.4. The van der Waals surface area contributed by atoms with Gasteiger partial charge in [-0.1, -0.05) is 65.3 Å². The molecule has 5 bridgehead atoms. The average Bonchev–Trinajstić information content (AvgIpc) is 3.56. The number of aliphatic hydroxyl groups excluding tert-OH is 1. The van der Waals surface area contributed by atoms with Crippen LogP contribution in [0, 0.1) is 11.8 Å². The zero-order valence-electron chi connectivity index (χ0n) is 24.1. The van der Waals surface area contributed by atoms with E-state index in [-0.39, 0.29) is 44.0 Å². The molecular weight excluding hydrogens is 606 g/mol. The summed E-state index contributed by atoms with van der Waals surface area (Å²) in [6, 6.07) is 7.18. The summed E-state index contributed by atoms with van der Waals surface area (Å²) in [5, 5.41) is 13.2. The van der Waals surface area contributed by atoms with Crippen molar-refractivity contribution in [2.24, 2.45) is 11.8 Å². The van der Waals surface area contributed by atoms with E-state index in [1.54, 1.807) is 11.0 Å². The Bertz CT molecular complexity index is 1280. The summed E-state index contributed by atoms with van der Waals surface area (Å²) in [7, 11) is 0. The summed E-state index contributed by atoms with van der Waals surface area (Å²) < 4.78 is 13.1. The second-order valence-corrected chi connectivity index (χ2v) is 12.5. The van der Waals surface area contributed by atoms with Crippen molar-refractivity contribution < 1.29 is 33.8 Å². The third-order valence-corrected chi connectivity index (χ3v) is 9.45. The molecule has 0 unspecified atom stereocenters. The number of hydrogen-bond donors (Lipinski definition) is 2. The summed E-state index contributed by atoms with van der Waals surface area (Å²) >= 11 is 3.56. The molecule has 1 aromatic rings. The van der Waals surface area contributed by atoms with Gasteiger partial charge in [-0.05, 0) is 38.3 Å². The Morgan fingerprint density at radius 2 is 1.86 bits per heavy atom. The van der Waals surface area contributed by atoms with E-state index < -0.39 is 53.6 Å². The summed E-state index contributed by atoms with van der Waals surface area (Å²) in [5.74, 6) is -3.63. The van der Waals surface area contributed by atoms with Gasteiger partial charge in [-0.2, -0.15) is 0 Å². The largest absolute Gasteiger partial charge is 0.455 e. The number of hydrogen-bond acceptors (Lipinski definition) is 7. The lowest BCUT2D eigenvalue weighted by molar-refractivity contribution is -0.160. The number of nitrogens with one attached hydrogen (secondary N) is 1. The standard InChI is InChI=1S/C31H38BrN3O7/c1-4-20(17-36)35-27-29(39)34(18(2)3)14-10-6-9-13-23(37)33-16-22(19-11-7-5-8-12-19)41-30(40)24-25(28(35)38)31(27)15-21(32)26(24)42-31/h5-8,10-12,15,18,20,22,24-27,36H,4,9,13-14,16-17H2,1-3H3,(H,33,37)/b10-6-/t20-,22-,24-,25+,26-,27-,31+/m0/s1. The highest BCUT2D eigenvalue weighted by Crippen LogP contribution is 2.59. The molecule has 2 saturated heterocycles. The SMILES string of the molecule is CC[C@@H](CO)N1C(=O)[C@H]2[C@@H]3C(=O)O[C@H](c4ccccc4)CNC(=O)CC/C=C\CN(C(C)C)C(=O)[C@H]1[C@@]21C=C(Br)[C@@H]3O1. The van der Waals surface area contributed by atoms with Gasteiger partial charge in [0.2, 0.25) is 17.7 Å². The first-order valence-corrected chi connectivity index (χ1v) is 15.4. The highest BCUT2D eigenvalue weighted by Gasteiger charge is 2.75. The fourth-order valence-corrected chi connectivity index (χ4v) is 7.39. The third kappa shape index (κ3) is 5.20. The number of cyclic esters (lactones) is 1. The first-order chi connectivity index (χ1) is 20.1. The Kier molecular flexibility index (Phi) is 8.91. The van der Waals surface area contributed by atoms with E-state index in [9.17, 15) is 24.3 Å². The molecule has 0 aliphatic carbocycles. The molecule has 4 heterocycles. The minimum absolute atomic E-state index is 0.0636. The van der Waals surface area contributed by atoms with Gasteiger partial charge in [0.15, 0.2) is 0 Å². The molecule has 226 valence electrons. The van der Waals surface area contributed by atoms with Gasteiger partial charge >= 0.3 is 5.97 Å². The van der Waals surface area contributed by atoms with Crippen LogP contribution in [0.25, 0.3) is 0 Å². The van der Waals surface area contributed by atoms with Crippen molar-refractivity contribution in [2.45, 2.75) is 76.0 Å². The number of carbonyl (C=O) groups excluding carboxylic acids is 4.